The van der Waals surface area contributed by atoms with E-state index in [1.807, 2.05) is 11.8 Å². The number of nitrogens with two attached hydrogens (primary N) is 2. The van der Waals surface area contributed by atoms with Crippen LogP contribution in [0.25, 0.3) is 0 Å². The van der Waals surface area contributed by atoms with Gasteiger partial charge >= 0.3 is 0 Å². The third kappa shape index (κ3) is 2.74. The highest BCUT2D eigenvalue weighted by atomic mass is 32.2. The summed E-state index contributed by atoms with van der Waals surface area (Å²) >= 11 is 1.02. The molecule has 0 saturated carbocycles. The highest BCUT2D eigenvalue weighted by molar-refractivity contribution is 7.91. The Morgan fingerprint density at radius 3 is 2.65 bits per heavy atom. The number of carbonyl (C=O) groups is 1. The molecule has 0 spiro atoms. The molecule has 1 saturated heterocycles. The molecule has 1 atom stereocenters. The van der Waals surface area contributed by atoms with Gasteiger partial charge in [0.2, 0.25) is 0 Å². The molecular formula is C11H17N3O4S2. The molecule has 0 aromatic carbocycles. The van der Waals surface area contributed by atoms with Crippen molar-refractivity contribution in [2.75, 3.05) is 36.6 Å². The van der Waals surface area contributed by atoms with Crippen molar-refractivity contribution >= 4 is 37.8 Å². The third-order valence-corrected chi connectivity index (χ3v) is 5.57. The molecule has 1 amide bonds. The minimum absolute atomic E-state index is 0.00889. The smallest absolute Gasteiger partial charge is 0.261 e. The summed E-state index contributed by atoms with van der Waals surface area (Å²) in [6.45, 7) is 3.48. The van der Waals surface area contributed by atoms with E-state index in [9.17, 15) is 13.2 Å². The van der Waals surface area contributed by atoms with Crippen LogP contribution in [0.1, 0.15) is 16.6 Å². The van der Waals surface area contributed by atoms with E-state index >= 15 is 0 Å². The van der Waals surface area contributed by atoms with Gasteiger partial charge in [0, 0.05) is 19.3 Å². The van der Waals surface area contributed by atoms with Gasteiger partial charge < -0.3 is 21.1 Å². The van der Waals surface area contributed by atoms with Crippen LogP contribution in [0.5, 0.6) is 0 Å². The van der Waals surface area contributed by atoms with Gasteiger partial charge in [0.25, 0.3) is 5.91 Å². The van der Waals surface area contributed by atoms with Crippen molar-refractivity contribution in [3.05, 3.63) is 4.88 Å². The topological polar surface area (TPSA) is 116 Å². The lowest BCUT2D eigenvalue weighted by molar-refractivity contribution is 0.0533. The molecule has 4 N–H and O–H groups in total. The molecule has 0 radical (unpaired) electrons. The summed E-state index contributed by atoms with van der Waals surface area (Å²) in [7, 11) is -3.55. The van der Waals surface area contributed by atoms with E-state index in [0.717, 1.165) is 17.6 Å². The van der Waals surface area contributed by atoms with Crippen molar-refractivity contribution < 1.29 is 17.9 Å². The van der Waals surface area contributed by atoms with Gasteiger partial charge in [-0.3, -0.25) is 4.79 Å². The Morgan fingerprint density at radius 1 is 1.50 bits per heavy atom. The second kappa shape index (κ2) is 5.23. The number of primary amides is 1. The first kappa shape index (κ1) is 15.1. The number of thiophene rings is 1. The number of sulfone groups is 1. The van der Waals surface area contributed by atoms with Crippen molar-refractivity contribution in [2.24, 2.45) is 5.73 Å². The number of nitrogens with zero attached hydrogens (tertiary/aromatic N) is 1. The number of ether oxygens (including phenoxy) is 1. The number of carbonyl (C=O) groups excluding carboxylic acids is 1. The van der Waals surface area contributed by atoms with Crippen LogP contribution in [-0.2, 0) is 14.6 Å². The van der Waals surface area contributed by atoms with Crippen LogP contribution in [0, 0.1) is 0 Å². The van der Waals surface area contributed by atoms with E-state index in [0.29, 0.717) is 24.7 Å². The fraction of sp³-hybridized carbons (Fsp3) is 0.545. The van der Waals surface area contributed by atoms with Gasteiger partial charge in [-0.25, -0.2) is 8.42 Å². The highest BCUT2D eigenvalue weighted by Gasteiger charge is 2.30. The van der Waals surface area contributed by atoms with Crippen LogP contribution in [0.3, 0.4) is 0 Å². The normalized spacial score (nSPS) is 20.1. The number of morpholine rings is 1. The molecule has 1 unspecified atom stereocenters. The van der Waals surface area contributed by atoms with Gasteiger partial charge in [-0.15, -0.1) is 11.3 Å². The Bertz CT molecular complexity index is 638. The van der Waals surface area contributed by atoms with Crippen LogP contribution >= 0.6 is 11.3 Å². The van der Waals surface area contributed by atoms with E-state index in [-0.39, 0.29) is 21.6 Å². The van der Waals surface area contributed by atoms with Crippen molar-refractivity contribution in [3.8, 4) is 0 Å². The molecule has 1 aromatic rings. The van der Waals surface area contributed by atoms with Gasteiger partial charge in [-0.2, -0.15) is 0 Å². The van der Waals surface area contributed by atoms with Crippen molar-refractivity contribution in [2.45, 2.75) is 17.9 Å². The lowest BCUT2D eigenvalue weighted by Gasteiger charge is -2.32. The zero-order chi connectivity index (χ0) is 15.1. The molecule has 2 heterocycles. The summed E-state index contributed by atoms with van der Waals surface area (Å²) in [6, 6.07) is 0. The van der Waals surface area contributed by atoms with Crippen LogP contribution < -0.4 is 16.4 Å². The minimum atomic E-state index is -3.55. The van der Waals surface area contributed by atoms with Gasteiger partial charge in [0.05, 0.1) is 18.4 Å². The number of hydrogen-bond donors (Lipinski definition) is 2. The fourth-order valence-electron chi connectivity index (χ4n) is 2.17. The quantitative estimate of drug-likeness (QED) is 0.814. The Labute approximate surface area is 121 Å². The molecule has 0 aliphatic carbocycles. The average Bonchev–Trinajstić information content (AvgIpc) is 2.66. The number of hydrogen-bond acceptors (Lipinski definition) is 7. The minimum Gasteiger partial charge on any atom is -0.396 e. The van der Waals surface area contributed by atoms with E-state index in [4.69, 9.17) is 16.2 Å². The second-order valence-electron chi connectivity index (χ2n) is 4.74. The lowest BCUT2D eigenvalue weighted by atomic mass is 10.3. The maximum atomic E-state index is 12.0. The van der Waals surface area contributed by atoms with E-state index in [2.05, 4.69) is 0 Å². The predicted molar refractivity (Wildman–Crippen MR) is 78.0 cm³/mol. The zero-order valence-corrected chi connectivity index (χ0v) is 12.9. The molecule has 1 aliphatic rings. The molecule has 0 bridgehead atoms. The lowest BCUT2D eigenvalue weighted by Crippen LogP contribution is -2.41. The summed E-state index contributed by atoms with van der Waals surface area (Å²) in [6.07, 6.45) is 1.06. The molecule has 1 aliphatic heterocycles. The van der Waals surface area contributed by atoms with Crippen molar-refractivity contribution in [1.29, 1.82) is 0 Å². The third-order valence-electron chi connectivity index (χ3n) is 3.01. The Balaban J connectivity index is 2.57. The SMILES string of the molecule is CC1CN(c2sc(C(N)=O)c(N)c2S(C)(=O)=O)CCO1. The summed E-state index contributed by atoms with van der Waals surface area (Å²) in [4.78, 5) is 13.3. The van der Waals surface area contributed by atoms with Gasteiger partial charge in [0.15, 0.2) is 9.84 Å². The molecule has 7 nitrogen and oxygen atoms in total. The molecule has 20 heavy (non-hydrogen) atoms. The summed E-state index contributed by atoms with van der Waals surface area (Å²) in [5, 5.41) is 0.467. The van der Waals surface area contributed by atoms with E-state index in [1.165, 1.54) is 0 Å². The monoisotopic (exact) mass is 319 g/mol. The second-order valence-corrected chi connectivity index (χ2v) is 7.69. The summed E-state index contributed by atoms with van der Waals surface area (Å²) < 4.78 is 29.3. The summed E-state index contributed by atoms with van der Waals surface area (Å²) in [5.74, 6) is -0.718. The predicted octanol–water partition coefficient (Wildman–Crippen LogP) is 0.0578. The molecular weight excluding hydrogens is 302 g/mol. The summed E-state index contributed by atoms with van der Waals surface area (Å²) in [5.41, 5.74) is 11.0. The molecule has 1 aromatic heterocycles. The standard InChI is InChI=1S/C11H17N3O4S2/c1-6-5-14(3-4-18-6)11-9(20(2,16)17)7(12)8(19-11)10(13)15/h6H,3-5,12H2,1-2H3,(H2,13,15). The van der Waals surface area contributed by atoms with Crippen LogP contribution in [0.4, 0.5) is 10.7 Å². The van der Waals surface area contributed by atoms with Crippen molar-refractivity contribution in [3.63, 3.8) is 0 Å². The van der Waals surface area contributed by atoms with Gasteiger partial charge in [-0.1, -0.05) is 0 Å². The zero-order valence-electron chi connectivity index (χ0n) is 11.3. The molecule has 112 valence electrons. The van der Waals surface area contributed by atoms with Crippen LogP contribution in [0.15, 0.2) is 4.90 Å². The number of amides is 1. The average molecular weight is 319 g/mol. The number of nitrogen functional groups attached to an aromatic ring is 1. The van der Waals surface area contributed by atoms with Gasteiger partial charge in [-0.05, 0) is 6.92 Å². The number of anilines is 2. The fourth-order valence-corrected chi connectivity index (χ4v) is 4.76. The van der Waals surface area contributed by atoms with Crippen LogP contribution in [0.2, 0.25) is 0 Å². The van der Waals surface area contributed by atoms with Crippen molar-refractivity contribution in [1.82, 2.24) is 0 Å². The molecule has 1 fully saturated rings. The maximum absolute atomic E-state index is 12.0. The molecule has 9 heteroatoms. The highest BCUT2D eigenvalue weighted by Crippen LogP contribution is 2.41. The first-order chi connectivity index (χ1) is 9.21. The van der Waals surface area contributed by atoms with E-state index in [1.54, 1.807) is 0 Å². The van der Waals surface area contributed by atoms with Crippen LogP contribution in [-0.4, -0.2) is 46.4 Å². The Hall–Kier alpha value is -1.32. The van der Waals surface area contributed by atoms with Gasteiger partial charge in [0.1, 0.15) is 14.8 Å². The number of rotatable bonds is 3. The molecule has 2 rings (SSSR count). The largest absolute Gasteiger partial charge is 0.396 e. The first-order valence-corrected chi connectivity index (χ1v) is 8.71. The Kier molecular flexibility index (Phi) is 3.94. The maximum Gasteiger partial charge on any atom is 0.261 e. The Morgan fingerprint density at radius 2 is 2.15 bits per heavy atom. The van der Waals surface area contributed by atoms with E-state index < -0.39 is 15.7 Å². The first-order valence-electron chi connectivity index (χ1n) is 6.00.